The standard InChI is InChI=1S/C21H18ClN3O2/c1-13-8-9-25-18(10-13)24-20(19-16(26)6-3-7-17(19)27)21(25)23-12-14-4-2-5-15(22)11-14/h2-11,23,26-27H,12H2,1H3. The van der Waals surface area contributed by atoms with Gasteiger partial charge in [-0.3, -0.25) is 4.40 Å². The van der Waals surface area contributed by atoms with Gasteiger partial charge in [0, 0.05) is 17.8 Å². The molecule has 4 rings (SSSR count). The lowest BCUT2D eigenvalue weighted by Gasteiger charge is -2.11. The van der Waals surface area contributed by atoms with Gasteiger partial charge >= 0.3 is 0 Å². The molecule has 0 aliphatic heterocycles. The highest BCUT2D eigenvalue weighted by atomic mass is 35.5. The molecule has 2 heterocycles. The number of nitrogens with zero attached hydrogens (tertiary/aromatic N) is 2. The molecule has 3 N–H and O–H groups in total. The van der Waals surface area contributed by atoms with E-state index in [1.54, 1.807) is 6.07 Å². The minimum Gasteiger partial charge on any atom is -0.507 e. The van der Waals surface area contributed by atoms with E-state index in [9.17, 15) is 10.2 Å². The Hall–Kier alpha value is -3.18. The number of rotatable bonds is 4. The number of halogens is 1. The van der Waals surface area contributed by atoms with Crippen molar-refractivity contribution in [2.45, 2.75) is 13.5 Å². The lowest BCUT2D eigenvalue weighted by Crippen LogP contribution is -2.03. The Morgan fingerprint density at radius 3 is 2.52 bits per heavy atom. The lowest BCUT2D eigenvalue weighted by molar-refractivity contribution is 0.454. The van der Waals surface area contributed by atoms with Crippen LogP contribution in [0.5, 0.6) is 11.5 Å². The maximum absolute atomic E-state index is 10.3. The van der Waals surface area contributed by atoms with Gasteiger partial charge in [-0.15, -0.1) is 0 Å². The van der Waals surface area contributed by atoms with Crippen LogP contribution in [0.1, 0.15) is 11.1 Å². The van der Waals surface area contributed by atoms with Crippen LogP contribution in [-0.4, -0.2) is 19.6 Å². The monoisotopic (exact) mass is 379 g/mol. The van der Waals surface area contributed by atoms with E-state index in [1.807, 2.05) is 53.9 Å². The fraction of sp³-hybridized carbons (Fsp3) is 0.0952. The molecule has 5 nitrogen and oxygen atoms in total. The number of benzene rings is 2. The predicted molar refractivity (Wildman–Crippen MR) is 107 cm³/mol. The molecule has 0 amide bonds. The summed E-state index contributed by atoms with van der Waals surface area (Å²) in [7, 11) is 0. The Morgan fingerprint density at radius 1 is 1.04 bits per heavy atom. The quantitative estimate of drug-likeness (QED) is 0.467. The lowest BCUT2D eigenvalue weighted by atomic mass is 10.1. The number of phenols is 2. The Kier molecular flexibility index (Phi) is 4.38. The van der Waals surface area contributed by atoms with Crippen molar-refractivity contribution in [2.24, 2.45) is 0 Å². The number of nitrogens with one attached hydrogen (secondary N) is 1. The largest absolute Gasteiger partial charge is 0.507 e. The van der Waals surface area contributed by atoms with Crippen LogP contribution in [0.2, 0.25) is 5.02 Å². The molecule has 0 aliphatic rings. The molecule has 0 aliphatic carbocycles. The highest BCUT2D eigenvalue weighted by Gasteiger charge is 2.20. The van der Waals surface area contributed by atoms with Crippen molar-refractivity contribution in [1.82, 2.24) is 9.38 Å². The molecule has 0 bridgehead atoms. The van der Waals surface area contributed by atoms with E-state index in [2.05, 4.69) is 10.3 Å². The van der Waals surface area contributed by atoms with E-state index in [1.165, 1.54) is 12.1 Å². The van der Waals surface area contributed by atoms with Gasteiger partial charge in [-0.05, 0) is 54.4 Å². The van der Waals surface area contributed by atoms with E-state index < -0.39 is 0 Å². The second-order valence-electron chi connectivity index (χ2n) is 6.40. The number of aromatic nitrogens is 2. The van der Waals surface area contributed by atoms with E-state index in [0.717, 1.165) is 16.8 Å². The number of fused-ring (bicyclic) bond motifs is 1. The van der Waals surface area contributed by atoms with Gasteiger partial charge in [0.05, 0.1) is 5.56 Å². The van der Waals surface area contributed by atoms with Crippen LogP contribution < -0.4 is 5.32 Å². The molecular formula is C21H18ClN3O2. The number of phenolic OH excluding ortho intramolecular Hbond substituents is 2. The first-order chi connectivity index (χ1) is 13.0. The smallest absolute Gasteiger partial charge is 0.139 e. The Labute approximate surface area is 161 Å². The molecule has 0 fully saturated rings. The molecule has 0 saturated carbocycles. The number of imidazole rings is 1. The third kappa shape index (κ3) is 3.29. The molecule has 6 heteroatoms. The minimum absolute atomic E-state index is 0.0269. The molecule has 4 aromatic rings. The summed E-state index contributed by atoms with van der Waals surface area (Å²) in [4.78, 5) is 4.65. The van der Waals surface area contributed by atoms with Gasteiger partial charge in [-0.1, -0.05) is 29.8 Å². The number of aromatic hydroxyl groups is 2. The maximum Gasteiger partial charge on any atom is 0.139 e. The summed E-state index contributed by atoms with van der Waals surface area (Å²) in [5, 5.41) is 24.7. The zero-order valence-electron chi connectivity index (χ0n) is 14.6. The second kappa shape index (κ2) is 6.85. The van der Waals surface area contributed by atoms with Gasteiger partial charge in [0.25, 0.3) is 0 Å². The molecule has 0 saturated heterocycles. The summed E-state index contributed by atoms with van der Waals surface area (Å²) in [6, 6.07) is 16.2. The van der Waals surface area contributed by atoms with Crippen molar-refractivity contribution in [1.29, 1.82) is 0 Å². The van der Waals surface area contributed by atoms with Gasteiger partial charge in [-0.2, -0.15) is 0 Å². The first-order valence-electron chi connectivity index (χ1n) is 8.51. The minimum atomic E-state index is -0.0269. The summed E-state index contributed by atoms with van der Waals surface area (Å²) in [6.07, 6.45) is 1.92. The van der Waals surface area contributed by atoms with E-state index >= 15 is 0 Å². The summed E-state index contributed by atoms with van der Waals surface area (Å²) < 4.78 is 1.90. The van der Waals surface area contributed by atoms with E-state index in [-0.39, 0.29) is 11.5 Å². The summed E-state index contributed by atoms with van der Waals surface area (Å²) in [5.74, 6) is 0.628. The van der Waals surface area contributed by atoms with Gasteiger partial charge in [0.1, 0.15) is 28.7 Å². The molecule has 2 aromatic carbocycles. The average Bonchev–Trinajstić information content (AvgIpc) is 2.97. The van der Waals surface area contributed by atoms with Crippen molar-refractivity contribution in [3.63, 3.8) is 0 Å². The molecule has 27 heavy (non-hydrogen) atoms. The summed E-state index contributed by atoms with van der Waals surface area (Å²) in [5.41, 5.74) is 3.59. The van der Waals surface area contributed by atoms with Gasteiger partial charge in [0.2, 0.25) is 0 Å². The van der Waals surface area contributed by atoms with Gasteiger partial charge in [-0.25, -0.2) is 4.98 Å². The van der Waals surface area contributed by atoms with Gasteiger partial charge < -0.3 is 15.5 Å². The number of hydrogen-bond acceptors (Lipinski definition) is 4. The fourth-order valence-corrected chi connectivity index (χ4v) is 3.31. The Balaban J connectivity index is 1.84. The van der Waals surface area contributed by atoms with Crippen LogP contribution in [0, 0.1) is 6.92 Å². The van der Waals surface area contributed by atoms with Crippen LogP contribution in [0.3, 0.4) is 0 Å². The van der Waals surface area contributed by atoms with Crippen LogP contribution in [0.15, 0.2) is 60.8 Å². The van der Waals surface area contributed by atoms with Crippen LogP contribution in [0.4, 0.5) is 5.82 Å². The van der Waals surface area contributed by atoms with Crippen LogP contribution in [0.25, 0.3) is 16.9 Å². The Morgan fingerprint density at radius 2 is 1.78 bits per heavy atom. The van der Waals surface area contributed by atoms with E-state index in [4.69, 9.17) is 11.6 Å². The zero-order chi connectivity index (χ0) is 19.0. The number of aryl methyl sites for hydroxylation is 1. The highest BCUT2D eigenvalue weighted by Crippen LogP contribution is 2.40. The fourth-order valence-electron chi connectivity index (χ4n) is 3.09. The Bertz CT molecular complexity index is 1120. The first-order valence-corrected chi connectivity index (χ1v) is 8.89. The third-order valence-electron chi connectivity index (χ3n) is 4.39. The number of anilines is 1. The maximum atomic E-state index is 10.3. The van der Waals surface area contributed by atoms with Crippen molar-refractivity contribution >= 4 is 23.1 Å². The zero-order valence-corrected chi connectivity index (χ0v) is 15.4. The molecule has 0 atom stereocenters. The molecule has 0 unspecified atom stereocenters. The molecule has 2 aromatic heterocycles. The molecule has 0 radical (unpaired) electrons. The van der Waals surface area contributed by atoms with Crippen molar-refractivity contribution < 1.29 is 10.2 Å². The number of hydrogen-bond donors (Lipinski definition) is 3. The molecule has 0 spiro atoms. The SMILES string of the molecule is Cc1ccn2c(NCc3cccc(Cl)c3)c(-c3c(O)cccc3O)nc2c1. The van der Waals surface area contributed by atoms with Gasteiger partial charge in [0.15, 0.2) is 0 Å². The summed E-state index contributed by atoms with van der Waals surface area (Å²) in [6.45, 7) is 2.51. The van der Waals surface area contributed by atoms with Crippen molar-refractivity contribution in [3.05, 3.63) is 76.9 Å². The predicted octanol–water partition coefficient (Wildman–Crippen LogP) is 4.99. The second-order valence-corrected chi connectivity index (χ2v) is 6.83. The van der Waals surface area contributed by atoms with E-state index in [0.29, 0.717) is 28.6 Å². The third-order valence-corrected chi connectivity index (χ3v) is 4.62. The normalized spacial score (nSPS) is 11.0. The first kappa shape index (κ1) is 17.2. The average molecular weight is 380 g/mol. The topological polar surface area (TPSA) is 69.8 Å². The van der Waals surface area contributed by atoms with Crippen molar-refractivity contribution in [2.75, 3.05) is 5.32 Å². The number of pyridine rings is 1. The van der Waals surface area contributed by atoms with Crippen LogP contribution >= 0.6 is 11.6 Å². The van der Waals surface area contributed by atoms with Crippen LogP contribution in [-0.2, 0) is 6.54 Å². The highest BCUT2D eigenvalue weighted by molar-refractivity contribution is 6.30. The van der Waals surface area contributed by atoms with Crippen molar-refractivity contribution in [3.8, 4) is 22.8 Å². The summed E-state index contributed by atoms with van der Waals surface area (Å²) >= 11 is 6.08. The molecule has 136 valence electrons. The molecular weight excluding hydrogens is 362 g/mol.